The van der Waals surface area contributed by atoms with Crippen LogP contribution in [-0.2, 0) is 21.4 Å². The number of benzene rings is 2. The molecule has 11 heteroatoms. The minimum atomic E-state index is -4.12. The third-order valence-electron chi connectivity index (χ3n) is 5.75. The predicted molar refractivity (Wildman–Crippen MR) is 139 cm³/mol. The Hall–Kier alpha value is -2.88. The molecule has 1 aliphatic rings. The highest BCUT2D eigenvalue weighted by Gasteiger charge is 2.37. The van der Waals surface area contributed by atoms with Crippen molar-refractivity contribution in [3.8, 4) is 5.75 Å². The molecule has 0 spiro atoms. The molecule has 1 aliphatic heterocycles. The molecule has 0 aliphatic carbocycles. The fraction of sp³-hybridized carbons (Fsp3) is 0.280. The van der Waals surface area contributed by atoms with E-state index in [9.17, 15) is 17.6 Å². The van der Waals surface area contributed by atoms with E-state index in [2.05, 4.69) is 5.10 Å². The zero-order valence-corrected chi connectivity index (χ0v) is 21.9. The minimum absolute atomic E-state index is 0.0114. The van der Waals surface area contributed by atoms with Crippen molar-refractivity contribution in [2.75, 3.05) is 10.8 Å². The maximum Gasteiger partial charge on any atom is 0.269 e. The van der Waals surface area contributed by atoms with Crippen LogP contribution in [0.2, 0.25) is 10.2 Å². The summed E-state index contributed by atoms with van der Waals surface area (Å²) in [5.74, 6) is -0.142. The van der Waals surface area contributed by atoms with Gasteiger partial charge < -0.3 is 9.53 Å². The molecule has 0 radical (unpaired) electrons. The number of hydrogen-bond donors (Lipinski definition) is 0. The highest BCUT2D eigenvalue weighted by atomic mass is 35.5. The molecule has 2 aromatic carbocycles. The summed E-state index contributed by atoms with van der Waals surface area (Å²) in [4.78, 5) is 11.4. The fourth-order valence-electron chi connectivity index (χ4n) is 3.86. The number of ether oxygens (including phenoxy) is 1. The molecule has 0 saturated heterocycles. The zero-order chi connectivity index (χ0) is 26.0. The van der Waals surface area contributed by atoms with E-state index in [1.165, 1.54) is 40.3 Å². The van der Waals surface area contributed by atoms with E-state index in [0.29, 0.717) is 30.0 Å². The van der Waals surface area contributed by atoms with Crippen LogP contribution in [0.5, 0.6) is 5.75 Å². The number of fused-ring (bicyclic) bond motifs is 1. The Balaban J connectivity index is 1.76. The Morgan fingerprint density at radius 2 is 2.03 bits per heavy atom. The number of aromatic nitrogens is 2. The van der Waals surface area contributed by atoms with Gasteiger partial charge in [0.25, 0.3) is 10.0 Å². The summed E-state index contributed by atoms with van der Waals surface area (Å²) in [7, 11) is -4.12. The van der Waals surface area contributed by atoms with Gasteiger partial charge in [-0.1, -0.05) is 41.4 Å². The minimum Gasteiger partial charge on any atom is -0.486 e. The Labute approximate surface area is 219 Å². The number of nitrogens with zero attached hydrogens (tertiary/aromatic N) is 3. The number of Topliss-reactive ketones (excluding diaryl/α,β-unsaturated/α-hetero) is 1. The Kier molecular flexibility index (Phi) is 7.73. The lowest BCUT2D eigenvalue weighted by Crippen LogP contribution is -2.43. The van der Waals surface area contributed by atoms with Crippen LogP contribution in [-0.4, -0.2) is 36.6 Å². The molecular weight excluding hydrogens is 528 g/mol. The first kappa shape index (κ1) is 26.2. The summed E-state index contributed by atoms with van der Waals surface area (Å²) in [5.41, 5.74) is 1.13. The number of ketones is 1. The summed E-state index contributed by atoms with van der Waals surface area (Å²) in [6, 6.07) is 9.42. The van der Waals surface area contributed by atoms with E-state index in [4.69, 9.17) is 27.9 Å². The molecule has 1 atom stereocenters. The van der Waals surface area contributed by atoms with Crippen molar-refractivity contribution >= 4 is 56.8 Å². The second-order valence-corrected chi connectivity index (χ2v) is 10.9. The fourth-order valence-corrected chi connectivity index (χ4v) is 6.03. The van der Waals surface area contributed by atoms with Crippen LogP contribution in [0.1, 0.15) is 37.8 Å². The number of carbonyl (C=O) groups is 1. The largest absolute Gasteiger partial charge is 0.486 e. The topological polar surface area (TPSA) is 81.5 Å². The van der Waals surface area contributed by atoms with Gasteiger partial charge in [0.05, 0.1) is 17.3 Å². The quantitative estimate of drug-likeness (QED) is 0.328. The zero-order valence-electron chi connectivity index (χ0n) is 19.6. The number of anilines is 1. The summed E-state index contributed by atoms with van der Waals surface area (Å²) < 4.78 is 50.4. The molecule has 0 unspecified atom stereocenters. The van der Waals surface area contributed by atoms with E-state index in [1.54, 1.807) is 30.3 Å². The van der Waals surface area contributed by atoms with Crippen molar-refractivity contribution in [3.63, 3.8) is 0 Å². The van der Waals surface area contributed by atoms with Crippen molar-refractivity contribution in [1.82, 2.24) is 9.78 Å². The normalized spacial score (nSPS) is 15.7. The first-order valence-electron chi connectivity index (χ1n) is 11.3. The Morgan fingerprint density at radius 1 is 1.25 bits per heavy atom. The van der Waals surface area contributed by atoms with Crippen LogP contribution < -0.4 is 9.04 Å². The Morgan fingerprint density at radius 3 is 2.69 bits per heavy atom. The molecule has 0 amide bonds. The van der Waals surface area contributed by atoms with Crippen molar-refractivity contribution in [2.45, 2.75) is 44.2 Å². The van der Waals surface area contributed by atoms with Crippen molar-refractivity contribution in [3.05, 3.63) is 69.7 Å². The maximum atomic E-state index is 14.2. The maximum absolute atomic E-state index is 14.2. The van der Waals surface area contributed by atoms with Gasteiger partial charge in [-0.2, -0.15) is 5.10 Å². The van der Waals surface area contributed by atoms with E-state index in [0.717, 1.165) is 0 Å². The van der Waals surface area contributed by atoms with Crippen LogP contribution in [0.15, 0.2) is 47.5 Å². The molecular formula is C25H24Cl2FN3O4S. The monoisotopic (exact) mass is 551 g/mol. The second kappa shape index (κ2) is 10.6. The van der Waals surface area contributed by atoms with Crippen LogP contribution >= 0.6 is 23.2 Å². The second-order valence-electron chi connectivity index (χ2n) is 8.35. The van der Waals surface area contributed by atoms with Gasteiger partial charge in [-0.3, -0.25) is 8.99 Å². The van der Waals surface area contributed by atoms with Crippen LogP contribution in [0.3, 0.4) is 0 Å². The Bertz CT molecular complexity index is 1420. The highest BCUT2D eigenvalue weighted by Crippen LogP contribution is 2.40. The lowest BCUT2D eigenvalue weighted by Gasteiger charge is -2.35. The lowest BCUT2D eigenvalue weighted by atomic mass is 10.1. The number of rotatable bonds is 8. The number of hydrogen-bond acceptors (Lipinski definition) is 5. The van der Waals surface area contributed by atoms with Gasteiger partial charge in [0.2, 0.25) is 0 Å². The molecule has 7 nitrogen and oxygen atoms in total. The molecule has 190 valence electrons. The number of sulfonamides is 1. The average Bonchev–Trinajstić information content (AvgIpc) is 3.23. The van der Waals surface area contributed by atoms with E-state index in [1.807, 2.05) is 6.92 Å². The molecule has 2 heterocycles. The number of halogens is 3. The molecule has 1 aromatic heterocycles. The predicted octanol–water partition coefficient (Wildman–Crippen LogP) is 5.84. The van der Waals surface area contributed by atoms with Gasteiger partial charge in [0.1, 0.15) is 28.3 Å². The molecule has 0 bridgehead atoms. The standard InChI is InChI=1S/C25H24Cl2FN3O4S/c1-3-30-15-24(25(27)29-30)36(33,34)31-14-18(10-7-16(2)32)35-23-12-9-17(13-22(23)31)8-11-19-20(26)5-4-6-21(19)28/h4-6,8-9,11-13,15,18H,3,7,10,14H2,1-2H3/b11-8+/t18-/m0/s1. The summed E-state index contributed by atoms with van der Waals surface area (Å²) in [5, 5.41) is 4.19. The van der Waals surface area contributed by atoms with E-state index >= 15 is 0 Å². The van der Waals surface area contributed by atoms with E-state index < -0.39 is 21.9 Å². The highest BCUT2D eigenvalue weighted by molar-refractivity contribution is 7.93. The summed E-state index contributed by atoms with van der Waals surface area (Å²) >= 11 is 12.3. The first-order chi connectivity index (χ1) is 17.1. The molecule has 36 heavy (non-hydrogen) atoms. The molecule has 3 aromatic rings. The van der Waals surface area contributed by atoms with Crippen LogP contribution in [0.25, 0.3) is 12.2 Å². The van der Waals surface area contributed by atoms with Crippen LogP contribution in [0.4, 0.5) is 10.1 Å². The van der Waals surface area contributed by atoms with Gasteiger partial charge in [-0.05, 0) is 56.2 Å². The van der Waals surface area contributed by atoms with Gasteiger partial charge in [0, 0.05) is 24.7 Å². The SMILES string of the molecule is CCn1cc(S(=O)(=O)N2C[C@H](CCC(C)=O)Oc3ccc(/C=C/c4c(F)cccc4Cl)cc32)c(Cl)n1. The third-order valence-corrected chi connectivity index (χ3v) is 8.25. The molecule has 0 N–H and O–H groups in total. The van der Waals surface area contributed by atoms with Gasteiger partial charge in [-0.25, -0.2) is 12.8 Å². The van der Waals surface area contributed by atoms with E-state index in [-0.39, 0.29) is 39.4 Å². The van der Waals surface area contributed by atoms with Crippen molar-refractivity contribution in [2.24, 2.45) is 0 Å². The van der Waals surface area contributed by atoms with Gasteiger partial charge in [-0.15, -0.1) is 0 Å². The third kappa shape index (κ3) is 5.43. The number of aryl methyl sites for hydroxylation is 1. The van der Waals surface area contributed by atoms with Crippen molar-refractivity contribution in [1.29, 1.82) is 0 Å². The molecule has 4 rings (SSSR count). The molecule has 0 fully saturated rings. The van der Waals surface area contributed by atoms with Crippen molar-refractivity contribution < 1.29 is 22.3 Å². The van der Waals surface area contributed by atoms with Gasteiger partial charge in [0.15, 0.2) is 5.15 Å². The molecule has 0 saturated carbocycles. The van der Waals surface area contributed by atoms with Gasteiger partial charge >= 0.3 is 0 Å². The first-order valence-corrected chi connectivity index (χ1v) is 13.5. The number of carbonyl (C=O) groups excluding carboxylic acids is 1. The lowest BCUT2D eigenvalue weighted by molar-refractivity contribution is -0.117. The van der Waals surface area contributed by atoms with Crippen LogP contribution in [0, 0.1) is 5.82 Å². The summed E-state index contributed by atoms with van der Waals surface area (Å²) in [6.45, 7) is 3.74. The average molecular weight is 552 g/mol. The summed E-state index contributed by atoms with van der Waals surface area (Å²) in [6.07, 6.45) is 4.64. The smallest absolute Gasteiger partial charge is 0.269 e.